The second-order valence-electron chi connectivity index (χ2n) is 3.10. The molecule has 0 saturated carbocycles. The molecule has 1 rings (SSSR count). The van der Waals surface area contributed by atoms with E-state index >= 15 is 0 Å². The summed E-state index contributed by atoms with van der Waals surface area (Å²) in [5.41, 5.74) is 5.79. The Morgan fingerprint density at radius 2 is 2.33 bits per heavy atom. The van der Waals surface area contributed by atoms with Crippen LogP contribution in [0.15, 0.2) is 11.1 Å². The maximum atomic E-state index is 11.7. The summed E-state index contributed by atoms with van der Waals surface area (Å²) in [6.45, 7) is 3.20. The molecule has 6 nitrogen and oxygen atoms in total. The fourth-order valence-corrected chi connectivity index (χ4v) is 2.46. The summed E-state index contributed by atoms with van der Waals surface area (Å²) >= 11 is 4.68. The molecule has 0 amide bonds. The lowest BCUT2D eigenvalue weighted by molar-refractivity contribution is 0.578. The van der Waals surface area contributed by atoms with Gasteiger partial charge in [0.1, 0.15) is 4.90 Å². The summed E-state index contributed by atoms with van der Waals surface area (Å²) in [6, 6.07) is -0.584. The number of nitrogens with one attached hydrogen (secondary N) is 2. The Kier molecular flexibility index (Phi) is 3.42. The molecule has 0 radical (unpaired) electrons. The molecule has 1 heterocycles. The van der Waals surface area contributed by atoms with Crippen LogP contribution in [-0.4, -0.2) is 29.6 Å². The lowest BCUT2D eigenvalue weighted by atomic mass is 10.4. The van der Waals surface area contributed by atoms with E-state index in [4.69, 9.17) is 5.73 Å². The van der Waals surface area contributed by atoms with E-state index in [1.165, 1.54) is 6.20 Å². The number of aryl methyl sites for hydroxylation is 1. The molecule has 1 atom stereocenters. The Hall–Kier alpha value is -0.990. The number of thiocarbonyl (C=S) groups is 1. The first kappa shape index (κ1) is 12.1. The van der Waals surface area contributed by atoms with Gasteiger partial charge < -0.3 is 5.73 Å². The summed E-state index contributed by atoms with van der Waals surface area (Å²) in [5.74, 6) is 0. The van der Waals surface area contributed by atoms with E-state index in [2.05, 4.69) is 27.1 Å². The van der Waals surface area contributed by atoms with Gasteiger partial charge in [0, 0.05) is 0 Å². The normalized spacial score (nSPS) is 13.7. The molecule has 1 aromatic heterocycles. The Balaban J connectivity index is 2.96. The summed E-state index contributed by atoms with van der Waals surface area (Å²) in [5, 5.41) is 6.18. The van der Waals surface area contributed by atoms with Crippen molar-refractivity contribution < 1.29 is 8.42 Å². The number of hydrogen-bond acceptors (Lipinski definition) is 4. The number of aromatic nitrogens is 2. The average molecular weight is 248 g/mol. The van der Waals surface area contributed by atoms with Crippen LogP contribution in [0.4, 0.5) is 0 Å². The van der Waals surface area contributed by atoms with Crippen LogP contribution in [0.3, 0.4) is 0 Å². The largest absolute Gasteiger partial charge is 0.392 e. The third kappa shape index (κ3) is 2.74. The quantitative estimate of drug-likeness (QED) is 0.633. The monoisotopic (exact) mass is 248 g/mol. The Morgan fingerprint density at radius 3 is 2.73 bits per heavy atom. The van der Waals surface area contributed by atoms with Crippen molar-refractivity contribution in [1.82, 2.24) is 14.9 Å². The van der Waals surface area contributed by atoms with E-state index in [-0.39, 0.29) is 9.88 Å². The van der Waals surface area contributed by atoms with Crippen molar-refractivity contribution in [2.75, 3.05) is 0 Å². The number of rotatable bonds is 4. The highest BCUT2D eigenvalue weighted by molar-refractivity contribution is 7.89. The highest BCUT2D eigenvalue weighted by Gasteiger charge is 2.21. The van der Waals surface area contributed by atoms with Gasteiger partial charge >= 0.3 is 0 Å². The molecule has 0 aliphatic heterocycles. The van der Waals surface area contributed by atoms with Crippen LogP contribution in [0.2, 0.25) is 0 Å². The number of sulfonamides is 1. The van der Waals surface area contributed by atoms with Gasteiger partial charge in [-0.1, -0.05) is 12.2 Å². The standard InChI is InChI=1S/C7H12N4O2S2/c1-4-6(3-9-10-4)15(12,13)11-5(2)7(8)14/h3,5,11H,1-2H3,(H2,8,14)(H,9,10). The van der Waals surface area contributed by atoms with Gasteiger partial charge in [0.15, 0.2) is 0 Å². The smallest absolute Gasteiger partial charge is 0.244 e. The molecular weight excluding hydrogens is 236 g/mol. The van der Waals surface area contributed by atoms with Gasteiger partial charge in [0.05, 0.1) is 22.9 Å². The van der Waals surface area contributed by atoms with Crippen LogP contribution >= 0.6 is 12.2 Å². The van der Waals surface area contributed by atoms with Crippen LogP contribution in [-0.2, 0) is 10.0 Å². The molecule has 0 bridgehead atoms. The number of nitrogens with two attached hydrogens (primary N) is 1. The predicted octanol–water partition coefficient (Wildman–Crippen LogP) is -0.329. The summed E-state index contributed by atoms with van der Waals surface area (Å²) in [4.78, 5) is 0.199. The van der Waals surface area contributed by atoms with Crippen LogP contribution in [0.1, 0.15) is 12.6 Å². The van der Waals surface area contributed by atoms with Crippen molar-refractivity contribution >= 4 is 27.2 Å². The molecule has 0 aliphatic carbocycles. The molecule has 15 heavy (non-hydrogen) atoms. The fraction of sp³-hybridized carbons (Fsp3) is 0.429. The SMILES string of the molecule is Cc1[nH]ncc1S(=O)(=O)NC(C)C(N)=S. The Bertz CT molecular complexity index is 465. The van der Waals surface area contributed by atoms with Crippen molar-refractivity contribution in [3.8, 4) is 0 Å². The first-order chi connectivity index (χ1) is 6.84. The van der Waals surface area contributed by atoms with Gasteiger partial charge in [-0.25, -0.2) is 13.1 Å². The minimum atomic E-state index is -3.60. The summed E-state index contributed by atoms with van der Waals surface area (Å²) in [6.07, 6.45) is 1.24. The second-order valence-corrected chi connectivity index (χ2v) is 5.26. The molecule has 4 N–H and O–H groups in total. The van der Waals surface area contributed by atoms with E-state index in [1.54, 1.807) is 13.8 Å². The van der Waals surface area contributed by atoms with E-state index in [9.17, 15) is 8.42 Å². The minimum Gasteiger partial charge on any atom is -0.392 e. The number of nitrogens with zero attached hydrogens (tertiary/aromatic N) is 1. The zero-order chi connectivity index (χ0) is 11.6. The van der Waals surface area contributed by atoms with Gasteiger partial charge in [-0.15, -0.1) is 0 Å². The third-order valence-corrected chi connectivity index (χ3v) is 3.84. The first-order valence-corrected chi connectivity index (χ1v) is 6.05. The zero-order valence-electron chi connectivity index (χ0n) is 8.31. The van der Waals surface area contributed by atoms with Crippen LogP contribution in [0.25, 0.3) is 0 Å². The number of hydrogen-bond donors (Lipinski definition) is 3. The van der Waals surface area contributed by atoms with E-state index < -0.39 is 16.1 Å². The van der Waals surface area contributed by atoms with Gasteiger partial charge in [-0.3, -0.25) is 5.10 Å². The van der Waals surface area contributed by atoms with Crippen molar-refractivity contribution in [1.29, 1.82) is 0 Å². The van der Waals surface area contributed by atoms with Crippen LogP contribution < -0.4 is 10.5 Å². The highest BCUT2D eigenvalue weighted by Crippen LogP contribution is 2.11. The minimum absolute atomic E-state index is 0.0970. The molecular formula is C7H12N4O2S2. The highest BCUT2D eigenvalue weighted by atomic mass is 32.2. The number of H-pyrrole nitrogens is 1. The molecule has 1 unspecified atom stereocenters. The fourth-order valence-electron chi connectivity index (χ4n) is 0.965. The van der Waals surface area contributed by atoms with E-state index in [0.717, 1.165) is 0 Å². The molecule has 0 spiro atoms. The van der Waals surface area contributed by atoms with Crippen molar-refractivity contribution in [3.05, 3.63) is 11.9 Å². The molecule has 0 aromatic carbocycles. The lowest BCUT2D eigenvalue weighted by Crippen LogP contribution is -2.41. The van der Waals surface area contributed by atoms with E-state index in [0.29, 0.717) is 5.69 Å². The molecule has 1 aromatic rings. The van der Waals surface area contributed by atoms with Gasteiger partial charge in [0.25, 0.3) is 0 Å². The van der Waals surface area contributed by atoms with Gasteiger partial charge in [-0.05, 0) is 13.8 Å². The lowest BCUT2D eigenvalue weighted by Gasteiger charge is -2.11. The van der Waals surface area contributed by atoms with Crippen LogP contribution in [0.5, 0.6) is 0 Å². The van der Waals surface area contributed by atoms with Gasteiger partial charge in [0.2, 0.25) is 10.0 Å². The third-order valence-electron chi connectivity index (χ3n) is 1.83. The first-order valence-electron chi connectivity index (χ1n) is 4.16. The Morgan fingerprint density at radius 1 is 1.73 bits per heavy atom. The molecule has 0 fully saturated rings. The predicted molar refractivity (Wildman–Crippen MR) is 59.9 cm³/mol. The Labute approximate surface area is 93.3 Å². The maximum absolute atomic E-state index is 11.7. The van der Waals surface area contributed by atoms with Crippen molar-refractivity contribution in [2.24, 2.45) is 5.73 Å². The topological polar surface area (TPSA) is 101 Å². The van der Waals surface area contributed by atoms with Crippen LogP contribution in [0, 0.1) is 6.92 Å². The molecule has 8 heteroatoms. The van der Waals surface area contributed by atoms with Crippen molar-refractivity contribution in [2.45, 2.75) is 24.8 Å². The maximum Gasteiger partial charge on any atom is 0.244 e. The average Bonchev–Trinajstić information content (AvgIpc) is 2.50. The second kappa shape index (κ2) is 4.25. The summed E-state index contributed by atoms with van der Waals surface area (Å²) in [7, 11) is -3.60. The summed E-state index contributed by atoms with van der Waals surface area (Å²) < 4.78 is 25.8. The van der Waals surface area contributed by atoms with Gasteiger partial charge in [-0.2, -0.15) is 5.10 Å². The van der Waals surface area contributed by atoms with Crippen molar-refractivity contribution in [3.63, 3.8) is 0 Å². The molecule has 84 valence electrons. The zero-order valence-corrected chi connectivity index (χ0v) is 9.95. The van der Waals surface area contributed by atoms with E-state index in [1.807, 2.05) is 0 Å². The number of aromatic amines is 1. The molecule has 0 aliphatic rings. The molecule has 0 saturated heterocycles.